The molecule has 0 aliphatic rings. The third-order valence-corrected chi connectivity index (χ3v) is 1.74. The van der Waals surface area contributed by atoms with Gasteiger partial charge >= 0.3 is 0 Å². The van der Waals surface area contributed by atoms with Crippen LogP contribution in [-0.2, 0) is 9.16 Å². The van der Waals surface area contributed by atoms with Gasteiger partial charge in [-0.1, -0.05) is 0 Å². The topological polar surface area (TPSA) is 18.5 Å². The van der Waals surface area contributed by atoms with E-state index in [0.29, 0.717) is 12.6 Å². The summed E-state index contributed by atoms with van der Waals surface area (Å²) in [5.74, 6) is 0.673. The zero-order chi connectivity index (χ0) is 8.91. The molecule has 0 heterocycles. The summed E-state index contributed by atoms with van der Waals surface area (Å²) in [5, 5.41) is 0. The second-order valence-corrected chi connectivity index (χ2v) is 7.68. The molecule has 0 unspecified atom stereocenters. The van der Waals surface area contributed by atoms with E-state index in [1.807, 2.05) is 19.9 Å². The molecule has 0 aromatic rings. The first-order valence-corrected chi connectivity index (χ1v) is 7.38. The van der Waals surface area contributed by atoms with Crippen molar-refractivity contribution in [2.24, 2.45) is 0 Å². The van der Waals surface area contributed by atoms with Gasteiger partial charge in [0.25, 0.3) is 5.95 Å². The van der Waals surface area contributed by atoms with Gasteiger partial charge in [0.05, 0.1) is 6.61 Å². The smallest absolute Gasteiger partial charge is 0.260 e. The Balaban J connectivity index is 3.90. The van der Waals surface area contributed by atoms with Crippen molar-refractivity contribution in [2.75, 3.05) is 6.61 Å². The summed E-state index contributed by atoms with van der Waals surface area (Å²) in [5.41, 5.74) is 0. The number of allylic oxidation sites excluding steroid dienone is 1. The van der Waals surface area contributed by atoms with Crippen LogP contribution in [0.5, 0.6) is 0 Å². The first kappa shape index (κ1) is 10.6. The van der Waals surface area contributed by atoms with Gasteiger partial charge in [0.1, 0.15) is 0 Å². The Hall–Kier alpha value is -0.443. The Morgan fingerprint density at radius 2 is 1.91 bits per heavy atom. The summed E-state index contributed by atoms with van der Waals surface area (Å²) in [6.07, 6.45) is 1.86. The number of ether oxygens (including phenoxy) is 1. The molecule has 0 spiro atoms. The third kappa shape index (κ3) is 5.98. The van der Waals surface area contributed by atoms with Crippen molar-refractivity contribution in [1.82, 2.24) is 0 Å². The van der Waals surface area contributed by atoms with E-state index in [-0.39, 0.29) is 0 Å². The maximum atomic E-state index is 5.61. The van der Waals surface area contributed by atoms with E-state index in [9.17, 15) is 0 Å². The molecule has 0 aromatic carbocycles. The Morgan fingerprint density at radius 1 is 1.36 bits per heavy atom. The van der Waals surface area contributed by atoms with Gasteiger partial charge in [0.15, 0.2) is 0 Å². The van der Waals surface area contributed by atoms with Crippen LogP contribution in [0.1, 0.15) is 13.8 Å². The van der Waals surface area contributed by atoms with Crippen LogP contribution in [0.3, 0.4) is 0 Å². The standard InChI is InChI=1S/C8H18O2Si/c1-6-8(9-7-2)10-11(3,4)5/h6H,7H2,1-5H3/b8-6+. The van der Waals surface area contributed by atoms with Gasteiger partial charge in [-0.05, 0) is 39.6 Å². The maximum absolute atomic E-state index is 5.61. The summed E-state index contributed by atoms with van der Waals surface area (Å²) < 4.78 is 10.8. The third-order valence-electron chi connectivity index (χ3n) is 0.929. The second-order valence-electron chi connectivity index (χ2n) is 3.26. The second kappa shape index (κ2) is 4.44. The molecule has 0 bridgehead atoms. The maximum Gasteiger partial charge on any atom is 0.260 e. The van der Waals surface area contributed by atoms with Gasteiger partial charge in [-0.3, -0.25) is 0 Å². The van der Waals surface area contributed by atoms with E-state index in [4.69, 9.17) is 9.16 Å². The van der Waals surface area contributed by atoms with Gasteiger partial charge in [0, 0.05) is 0 Å². The zero-order valence-corrected chi connectivity index (χ0v) is 9.10. The lowest BCUT2D eigenvalue weighted by Crippen LogP contribution is -2.25. The molecule has 0 saturated heterocycles. The van der Waals surface area contributed by atoms with Gasteiger partial charge in [-0.2, -0.15) is 0 Å². The highest BCUT2D eigenvalue weighted by Gasteiger charge is 2.17. The van der Waals surface area contributed by atoms with Crippen molar-refractivity contribution in [3.8, 4) is 0 Å². The molecule has 3 heteroatoms. The Labute approximate surface area is 70.3 Å². The predicted octanol–water partition coefficient (Wildman–Crippen LogP) is 2.74. The van der Waals surface area contributed by atoms with Gasteiger partial charge < -0.3 is 9.16 Å². The highest BCUT2D eigenvalue weighted by molar-refractivity contribution is 6.69. The fourth-order valence-electron chi connectivity index (χ4n) is 0.616. The minimum absolute atomic E-state index is 0.671. The number of hydrogen-bond acceptors (Lipinski definition) is 2. The molecule has 0 radical (unpaired) electrons. The highest BCUT2D eigenvalue weighted by Crippen LogP contribution is 2.10. The lowest BCUT2D eigenvalue weighted by molar-refractivity contribution is 0.111. The summed E-state index contributed by atoms with van der Waals surface area (Å²) >= 11 is 0. The van der Waals surface area contributed by atoms with Crippen LogP contribution in [0.4, 0.5) is 0 Å². The van der Waals surface area contributed by atoms with Crippen LogP contribution in [0, 0.1) is 0 Å². The fourth-order valence-corrected chi connectivity index (χ4v) is 1.40. The molecule has 0 N–H and O–H groups in total. The quantitative estimate of drug-likeness (QED) is 0.482. The molecule has 0 aliphatic carbocycles. The van der Waals surface area contributed by atoms with Crippen molar-refractivity contribution < 1.29 is 9.16 Å². The van der Waals surface area contributed by atoms with Gasteiger partial charge in [-0.25, -0.2) is 0 Å². The number of hydrogen-bond donors (Lipinski definition) is 0. The minimum atomic E-state index is -1.47. The molecule has 0 amide bonds. The van der Waals surface area contributed by atoms with E-state index >= 15 is 0 Å². The van der Waals surface area contributed by atoms with Crippen molar-refractivity contribution in [2.45, 2.75) is 33.5 Å². The lowest BCUT2D eigenvalue weighted by atomic mass is 10.7. The molecule has 0 saturated carbocycles. The average Bonchev–Trinajstić information content (AvgIpc) is 1.84. The molecule has 66 valence electrons. The van der Waals surface area contributed by atoms with E-state index in [0.717, 1.165) is 0 Å². The Morgan fingerprint density at radius 3 is 2.18 bits per heavy atom. The zero-order valence-electron chi connectivity index (χ0n) is 8.10. The van der Waals surface area contributed by atoms with E-state index in [1.54, 1.807) is 0 Å². The minimum Gasteiger partial charge on any atom is -0.520 e. The van der Waals surface area contributed by atoms with E-state index in [2.05, 4.69) is 19.6 Å². The van der Waals surface area contributed by atoms with Crippen molar-refractivity contribution >= 4 is 8.32 Å². The van der Waals surface area contributed by atoms with Gasteiger partial charge in [0.2, 0.25) is 8.32 Å². The molecule has 0 atom stereocenters. The molecule has 0 rings (SSSR count). The first-order chi connectivity index (χ1) is 4.99. The summed E-state index contributed by atoms with van der Waals surface area (Å²) in [4.78, 5) is 0. The molecule has 0 aromatic heterocycles. The highest BCUT2D eigenvalue weighted by atomic mass is 28.4. The molecule has 2 nitrogen and oxygen atoms in total. The summed E-state index contributed by atoms with van der Waals surface area (Å²) in [6, 6.07) is 0. The predicted molar refractivity (Wildman–Crippen MR) is 49.8 cm³/mol. The molecule has 11 heavy (non-hydrogen) atoms. The summed E-state index contributed by atoms with van der Waals surface area (Å²) in [7, 11) is -1.47. The number of rotatable bonds is 4. The van der Waals surface area contributed by atoms with E-state index < -0.39 is 8.32 Å². The van der Waals surface area contributed by atoms with Crippen LogP contribution in [0.25, 0.3) is 0 Å². The van der Waals surface area contributed by atoms with Crippen molar-refractivity contribution in [3.05, 3.63) is 12.0 Å². The van der Waals surface area contributed by atoms with Crippen molar-refractivity contribution in [1.29, 1.82) is 0 Å². The van der Waals surface area contributed by atoms with Gasteiger partial charge in [-0.15, -0.1) is 0 Å². The molecule has 0 fully saturated rings. The Bertz CT molecular complexity index is 136. The first-order valence-electron chi connectivity index (χ1n) is 3.97. The lowest BCUT2D eigenvalue weighted by Gasteiger charge is -2.20. The molecule has 0 aliphatic heterocycles. The molecular formula is C8H18O2Si. The monoisotopic (exact) mass is 174 g/mol. The normalized spacial score (nSPS) is 13.0. The largest absolute Gasteiger partial charge is 0.520 e. The van der Waals surface area contributed by atoms with Crippen LogP contribution in [0.15, 0.2) is 12.0 Å². The summed E-state index contributed by atoms with van der Waals surface area (Å²) in [6.45, 7) is 11.0. The van der Waals surface area contributed by atoms with Crippen LogP contribution in [0.2, 0.25) is 19.6 Å². The molecular weight excluding hydrogens is 156 g/mol. The average molecular weight is 174 g/mol. The van der Waals surface area contributed by atoms with Crippen LogP contribution in [-0.4, -0.2) is 14.9 Å². The van der Waals surface area contributed by atoms with Crippen LogP contribution < -0.4 is 0 Å². The fraction of sp³-hybridized carbons (Fsp3) is 0.750. The van der Waals surface area contributed by atoms with Crippen molar-refractivity contribution in [3.63, 3.8) is 0 Å². The van der Waals surface area contributed by atoms with E-state index in [1.165, 1.54) is 0 Å². The Kier molecular flexibility index (Phi) is 4.26. The van der Waals surface area contributed by atoms with Crippen LogP contribution >= 0.6 is 0 Å². The SMILES string of the molecule is C/C=C(\OCC)O[Si](C)(C)C.